The van der Waals surface area contributed by atoms with Gasteiger partial charge in [0.2, 0.25) is 5.95 Å². The SMILES string of the molecule is CC1=C(C(=O)Nc2cccnc2)C(c2ccc(Cl)cc2Cl)n2ncnc2N1. The van der Waals surface area contributed by atoms with Crippen molar-refractivity contribution in [2.45, 2.75) is 13.0 Å². The van der Waals surface area contributed by atoms with Crippen LogP contribution in [0.2, 0.25) is 10.0 Å². The van der Waals surface area contributed by atoms with Crippen LogP contribution in [0.4, 0.5) is 11.6 Å². The molecule has 27 heavy (non-hydrogen) atoms. The number of hydrogen-bond donors (Lipinski definition) is 2. The van der Waals surface area contributed by atoms with E-state index in [2.05, 4.69) is 25.7 Å². The number of carbonyl (C=O) groups excluding carboxylic acids is 1. The van der Waals surface area contributed by atoms with Crippen molar-refractivity contribution < 1.29 is 4.79 Å². The third-order valence-electron chi connectivity index (χ3n) is 4.22. The Morgan fingerprint density at radius 3 is 2.89 bits per heavy atom. The Hall–Kier alpha value is -2.90. The first-order valence-electron chi connectivity index (χ1n) is 8.08. The number of hydrogen-bond acceptors (Lipinski definition) is 5. The van der Waals surface area contributed by atoms with Crippen LogP contribution in [0.5, 0.6) is 0 Å². The molecule has 1 aromatic carbocycles. The van der Waals surface area contributed by atoms with Gasteiger partial charge in [-0.25, -0.2) is 4.68 Å². The highest BCUT2D eigenvalue weighted by Gasteiger charge is 2.34. The summed E-state index contributed by atoms with van der Waals surface area (Å²) >= 11 is 12.5. The van der Waals surface area contributed by atoms with Crippen molar-refractivity contribution in [3.05, 3.63) is 75.9 Å². The van der Waals surface area contributed by atoms with Crippen molar-refractivity contribution >= 4 is 40.7 Å². The van der Waals surface area contributed by atoms with Crippen LogP contribution in [0, 0.1) is 0 Å². The van der Waals surface area contributed by atoms with Crippen LogP contribution in [0.15, 0.2) is 60.3 Å². The molecule has 0 radical (unpaired) electrons. The third kappa shape index (κ3) is 3.27. The van der Waals surface area contributed by atoms with E-state index in [0.29, 0.717) is 38.5 Å². The van der Waals surface area contributed by atoms with E-state index in [0.717, 1.165) is 0 Å². The smallest absolute Gasteiger partial charge is 0.255 e. The number of anilines is 2. The molecule has 0 spiro atoms. The maximum Gasteiger partial charge on any atom is 0.255 e. The first kappa shape index (κ1) is 17.5. The summed E-state index contributed by atoms with van der Waals surface area (Å²) in [5.41, 5.74) is 2.42. The molecule has 0 fully saturated rings. The Balaban J connectivity index is 1.81. The van der Waals surface area contributed by atoms with Gasteiger partial charge in [-0.2, -0.15) is 10.1 Å². The maximum absolute atomic E-state index is 13.1. The minimum atomic E-state index is -0.551. The number of rotatable bonds is 3. The number of pyridine rings is 1. The lowest BCUT2D eigenvalue weighted by atomic mass is 9.95. The van der Waals surface area contributed by atoms with Crippen LogP contribution in [0.3, 0.4) is 0 Å². The lowest BCUT2D eigenvalue weighted by Crippen LogP contribution is -2.31. The monoisotopic (exact) mass is 400 g/mol. The van der Waals surface area contributed by atoms with E-state index in [1.165, 1.54) is 6.33 Å². The van der Waals surface area contributed by atoms with E-state index in [4.69, 9.17) is 23.2 Å². The maximum atomic E-state index is 13.1. The van der Waals surface area contributed by atoms with E-state index >= 15 is 0 Å². The summed E-state index contributed by atoms with van der Waals surface area (Å²) in [6.45, 7) is 1.81. The van der Waals surface area contributed by atoms with Crippen LogP contribution < -0.4 is 10.6 Å². The molecule has 1 aliphatic rings. The highest BCUT2D eigenvalue weighted by atomic mass is 35.5. The molecule has 4 rings (SSSR count). The Labute approximate surface area is 165 Å². The zero-order chi connectivity index (χ0) is 19.0. The van der Waals surface area contributed by atoms with Crippen LogP contribution in [-0.2, 0) is 4.79 Å². The van der Waals surface area contributed by atoms with Gasteiger partial charge >= 0.3 is 0 Å². The van der Waals surface area contributed by atoms with E-state index in [-0.39, 0.29) is 5.91 Å². The molecule has 2 aromatic heterocycles. The highest BCUT2D eigenvalue weighted by Crippen LogP contribution is 2.38. The molecule has 0 bridgehead atoms. The van der Waals surface area contributed by atoms with Gasteiger partial charge in [-0.05, 0) is 31.2 Å². The van der Waals surface area contributed by atoms with Crippen molar-refractivity contribution in [2.24, 2.45) is 0 Å². The lowest BCUT2D eigenvalue weighted by Gasteiger charge is -2.29. The van der Waals surface area contributed by atoms with Crippen LogP contribution in [0.25, 0.3) is 0 Å². The molecule has 2 N–H and O–H groups in total. The molecule has 7 nitrogen and oxygen atoms in total. The van der Waals surface area contributed by atoms with Crippen molar-refractivity contribution in [3.8, 4) is 0 Å². The summed E-state index contributed by atoms with van der Waals surface area (Å²) in [6, 6.07) is 8.12. The minimum absolute atomic E-state index is 0.287. The first-order chi connectivity index (χ1) is 13.0. The summed E-state index contributed by atoms with van der Waals surface area (Å²) < 4.78 is 1.63. The number of halogens is 2. The van der Waals surface area contributed by atoms with Gasteiger partial charge in [0.1, 0.15) is 12.4 Å². The summed E-state index contributed by atoms with van der Waals surface area (Å²) in [7, 11) is 0. The van der Waals surface area contributed by atoms with Gasteiger partial charge in [0.25, 0.3) is 5.91 Å². The van der Waals surface area contributed by atoms with Crippen molar-refractivity contribution in [2.75, 3.05) is 10.6 Å². The molecule has 1 atom stereocenters. The van der Waals surface area contributed by atoms with Gasteiger partial charge in [0.15, 0.2) is 0 Å². The van der Waals surface area contributed by atoms with Gasteiger partial charge in [0, 0.05) is 27.5 Å². The molecule has 3 heterocycles. The minimum Gasteiger partial charge on any atom is -0.328 e. The molecule has 3 aromatic rings. The number of aromatic nitrogens is 4. The Kier molecular flexibility index (Phi) is 4.55. The molecule has 0 saturated heterocycles. The Morgan fingerprint density at radius 1 is 1.30 bits per heavy atom. The molecule has 1 unspecified atom stereocenters. The van der Waals surface area contributed by atoms with Gasteiger partial charge in [-0.1, -0.05) is 29.3 Å². The highest BCUT2D eigenvalue weighted by molar-refractivity contribution is 6.35. The Bertz CT molecular complexity index is 1050. The van der Waals surface area contributed by atoms with E-state index in [1.807, 2.05) is 6.92 Å². The van der Waals surface area contributed by atoms with Gasteiger partial charge in [-0.15, -0.1) is 0 Å². The average Bonchev–Trinajstić information content (AvgIpc) is 3.09. The normalized spacial score (nSPS) is 15.9. The summed E-state index contributed by atoms with van der Waals surface area (Å²) in [5.74, 6) is 0.242. The fourth-order valence-corrected chi connectivity index (χ4v) is 3.54. The van der Waals surface area contributed by atoms with Crippen LogP contribution in [0.1, 0.15) is 18.5 Å². The summed E-state index contributed by atoms with van der Waals surface area (Å²) in [4.78, 5) is 21.3. The van der Waals surface area contributed by atoms with E-state index < -0.39 is 6.04 Å². The van der Waals surface area contributed by atoms with Crippen molar-refractivity contribution in [3.63, 3.8) is 0 Å². The van der Waals surface area contributed by atoms with Gasteiger partial charge < -0.3 is 10.6 Å². The second-order valence-electron chi connectivity index (χ2n) is 5.96. The number of benzene rings is 1. The van der Waals surface area contributed by atoms with Crippen LogP contribution in [-0.4, -0.2) is 25.7 Å². The largest absolute Gasteiger partial charge is 0.328 e. The zero-order valence-electron chi connectivity index (χ0n) is 14.1. The zero-order valence-corrected chi connectivity index (χ0v) is 15.7. The molecule has 0 aliphatic carbocycles. The number of nitrogens with one attached hydrogen (secondary N) is 2. The molecule has 9 heteroatoms. The molecule has 1 amide bonds. The molecular weight excluding hydrogens is 387 g/mol. The topological polar surface area (TPSA) is 84.7 Å². The quantitative estimate of drug-likeness (QED) is 0.695. The Morgan fingerprint density at radius 2 is 2.15 bits per heavy atom. The number of allylic oxidation sites excluding steroid dienone is 1. The average molecular weight is 401 g/mol. The second kappa shape index (κ2) is 7.02. The molecule has 1 aliphatic heterocycles. The van der Waals surface area contributed by atoms with Crippen LogP contribution >= 0.6 is 23.2 Å². The standard InChI is InChI=1S/C18H14Cl2N6O/c1-10-15(17(27)25-12-3-2-6-21-8-12)16(26-18(24-10)22-9-23-26)13-5-4-11(19)7-14(13)20/h2-9,16H,1H3,(H,25,27)(H,22,23,24). The first-order valence-corrected chi connectivity index (χ1v) is 8.84. The summed E-state index contributed by atoms with van der Waals surface area (Å²) in [6.07, 6.45) is 4.64. The van der Waals surface area contributed by atoms with E-state index in [9.17, 15) is 4.79 Å². The second-order valence-corrected chi connectivity index (χ2v) is 6.80. The number of carbonyl (C=O) groups is 1. The molecule has 0 saturated carbocycles. The number of amides is 1. The number of fused-ring (bicyclic) bond motifs is 1. The predicted octanol–water partition coefficient (Wildman–Crippen LogP) is 3.91. The van der Waals surface area contributed by atoms with Gasteiger partial charge in [-0.3, -0.25) is 9.78 Å². The van der Waals surface area contributed by atoms with Crippen molar-refractivity contribution in [1.82, 2.24) is 19.7 Å². The predicted molar refractivity (Wildman–Crippen MR) is 104 cm³/mol. The summed E-state index contributed by atoms with van der Waals surface area (Å²) in [5, 5.41) is 11.2. The van der Waals surface area contributed by atoms with E-state index in [1.54, 1.807) is 47.4 Å². The fourth-order valence-electron chi connectivity index (χ4n) is 3.03. The fraction of sp³-hybridized carbons (Fsp3) is 0.111. The van der Waals surface area contributed by atoms with Crippen molar-refractivity contribution in [1.29, 1.82) is 0 Å². The number of nitrogens with zero attached hydrogens (tertiary/aromatic N) is 4. The molecular formula is C18H14Cl2N6O. The third-order valence-corrected chi connectivity index (χ3v) is 4.78. The van der Waals surface area contributed by atoms with Gasteiger partial charge in [0.05, 0.1) is 17.5 Å². The molecule has 136 valence electrons. The lowest BCUT2D eigenvalue weighted by molar-refractivity contribution is -0.113.